The molecular weight excluding hydrogens is 328 g/mol. The molecule has 1 spiro atoms. The van der Waals surface area contributed by atoms with E-state index in [0.717, 1.165) is 51.9 Å². The van der Waals surface area contributed by atoms with Gasteiger partial charge in [-0.05, 0) is 37.9 Å². The Morgan fingerprint density at radius 2 is 1.73 bits per heavy atom. The molecule has 26 heavy (non-hydrogen) atoms. The number of ether oxygens (including phenoxy) is 2. The normalized spacial score (nSPS) is 25.5. The Morgan fingerprint density at radius 1 is 1.04 bits per heavy atom. The maximum atomic E-state index is 13.3. The van der Waals surface area contributed by atoms with Crippen LogP contribution in [0.1, 0.15) is 38.2 Å². The quantitative estimate of drug-likeness (QED) is 0.833. The van der Waals surface area contributed by atoms with E-state index < -0.39 is 5.79 Å². The van der Waals surface area contributed by atoms with Gasteiger partial charge < -0.3 is 14.4 Å². The summed E-state index contributed by atoms with van der Waals surface area (Å²) in [5.74, 6) is -0.242. The number of piperidine rings is 2. The largest absolute Gasteiger partial charge is 0.346 e. The van der Waals surface area contributed by atoms with Crippen molar-refractivity contribution >= 4 is 5.91 Å². The van der Waals surface area contributed by atoms with Crippen LogP contribution in [0.5, 0.6) is 0 Å². The van der Waals surface area contributed by atoms with Gasteiger partial charge in [-0.2, -0.15) is 0 Å². The molecule has 0 atom stereocenters. The minimum Gasteiger partial charge on any atom is -0.346 e. The molecule has 3 fully saturated rings. The summed E-state index contributed by atoms with van der Waals surface area (Å²) in [6, 6.07) is 10.6. The molecule has 5 nitrogen and oxygen atoms in total. The van der Waals surface area contributed by atoms with Crippen LogP contribution in [0.25, 0.3) is 0 Å². The highest BCUT2D eigenvalue weighted by Crippen LogP contribution is 2.37. The molecule has 142 valence electrons. The smallest absolute Gasteiger partial charge is 0.228 e. The summed E-state index contributed by atoms with van der Waals surface area (Å²) >= 11 is 0. The average molecular weight is 358 g/mol. The number of likely N-dealkylation sites (tertiary alicyclic amines) is 2. The summed E-state index contributed by atoms with van der Waals surface area (Å²) in [5, 5.41) is 0. The van der Waals surface area contributed by atoms with Crippen LogP contribution >= 0.6 is 0 Å². The minimum atomic E-state index is -0.529. The second kappa shape index (κ2) is 7.29. The summed E-state index contributed by atoms with van der Waals surface area (Å²) in [6.07, 6.45) is 3.70. The molecule has 5 heteroatoms. The van der Waals surface area contributed by atoms with Crippen LogP contribution in [0, 0.1) is 5.41 Å². The Kier molecular flexibility index (Phi) is 5.04. The van der Waals surface area contributed by atoms with Crippen LogP contribution in [0.3, 0.4) is 0 Å². The lowest BCUT2D eigenvalue weighted by Gasteiger charge is -2.45. The molecule has 0 bridgehead atoms. The molecule has 1 aromatic rings. The van der Waals surface area contributed by atoms with E-state index >= 15 is 0 Å². The molecule has 0 aromatic heterocycles. The van der Waals surface area contributed by atoms with E-state index in [9.17, 15) is 4.79 Å². The highest BCUT2D eigenvalue weighted by atomic mass is 16.7. The van der Waals surface area contributed by atoms with E-state index in [1.165, 1.54) is 5.56 Å². The Labute approximate surface area is 156 Å². The molecule has 0 N–H and O–H groups in total. The number of hydrogen-bond donors (Lipinski definition) is 0. The molecule has 3 saturated heterocycles. The van der Waals surface area contributed by atoms with Crippen LogP contribution in [0.15, 0.2) is 30.3 Å². The van der Waals surface area contributed by atoms with Gasteiger partial charge in [0, 0.05) is 24.9 Å². The van der Waals surface area contributed by atoms with Gasteiger partial charge in [-0.3, -0.25) is 9.69 Å². The molecule has 0 saturated carbocycles. The molecule has 3 aliphatic heterocycles. The van der Waals surface area contributed by atoms with Crippen molar-refractivity contribution in [3.8, 4) is 0 Å². The van der Waals surface area contributed by atoms with E-state index in [4.69, 9.17) is 9.47 Å². The second-order valence-electron chi connectivity index (χ2n) is 8.26. The van der Waals surface area contributed by atoms with Crippen molar-refractivity contribution in [3.63, 3.8) is 0 Å². The predicted molar refractivity (Wildman–Crippen MR) is 99.5 cm³/mol. The van der Waals surface area contributed by atoms with E-state index in [0.29, 0.717) is 19.8 Å². The zero-order valence-electron chi connectivity index (χ0n) is 15.8. The molecule has 1 aromatic carbocycles. The molecule has 0 aliphatic carbocycles. The van der Waals surface area contributed by atoms with Gasteiger partial charge >= 0.3 is 0 Å². The van der Waals surface area contributed by atoms with Gasteiger partial charge in [-0.15, -0.1) is 0 Å². The van der Waals surface area contributed by atoms with Crippen LogP contribution in [0.2, 0.25) is 0 Å². The van der Waals surface area contributed by atoms with Crippen molar-refractivity contribution in [2.75, 3.05) is 39.4 Å². The monoisotopic (exact) mass is 358 g/mol. The van der Waals surface area contributed by atoms with Crippen molar-refractivity contribution in [2.45, 2.75) is 44.9 Å². The topological polar surface area (TPSA) is 42.0 Å². The van der Waals surface area contributed by atoms with Crippen LogP contribution in [-0.2, 0) is 20.8 Å². The molecule has 1 amide bonds. The highest BCUT2D eigenvalue weighted by Gasteiger charge is 2.46. The lowest BCUT2D eigenvalue weighted by molar-refractivity contribution is -0.197. The zero-order valence-corrected chi connectivity index (χ0v) is 15.8. The van der Waals surface area contributed by atoms with Gasteiger partial charge in [0.05, 0.1) is 19.8 Å². The van der Waals surface area contributed by atoms with E-state index in [1.54, 1.807) is 0 Å². The van der Waals surface area contributed by atoms with Crippen molar-refractivity contribution in [3.05, 3.63) is 35.9 Å². The van der Waals surface area contributed by atoms with Gasteiger partial charge in [-0.1, -0.05) is 37.3 Å². The molecule has 0 unspecified atom stereocenters. The Hall–Kier alpha value is -1.43. The molecule has 4 rings (SSSR count). The van der Waals surface area contributed by atoms with Gasteiger partial charge in [0.2, 0.25) is 5.91 Å². The van der Waals surface area contributed by atoms with Gasteiger partial charge in [-0.25, -0.2) is 0 Å². The number of rotatable bonds is 3. The Balaban J connectivity index is 1.35. The fourth-order valence-electron chi connectivity index (χ4n) is 4.54. The number of hydrogen-bond acceptors (Lipinski definition) is 4. The van der Waals surface area contributed by atoms with Crippen LogP contribution in [0.4, 0.5) is 0 Å². The first kappa shape index (κ1) is 18.0. The van der Waals surface area contributed by atoms with Crippen LogP contribution < -0.4 is 0 Å². The van der Waals surface area contributed by atoms with E-state index in [-0.39, 0.29) is 11.3 Å². The number of carbonyl (C=O) groups is 1. The molecule has 3 heterocycles. The fraction of sp³-hybridized carbons (Fsp3) is 0.667. The van der Waals surface area contributed by atoms with Crippen molar-refractivity contribution in [2.24, 2.45) is 5.41 Å². The standard InChI is InChI=1S/C21H30N2O3/c1-20(9-12-22(13-10-20)16-18-6-3-2-4-7-18)19(24)23-11-5-8-21(17-23)25-14-15-26-21/h2-4,6-7H,5,8-17H2,1H3. The van der Waals surface area contributed by atoms with Gasteiger partial charge in [0.1, 0.15) is 0 Å². The third-order valence-electron chi connectivity index (χ3n) is 6.24. The van der Waals surface area contributed by atoms with Gasteiger partial charge in [0.25, 0.3) is 0 Å². The summed E-state index contributed by atoms with van der Waals surface area (Å²) in [4.78, 5) is 17.7. The van der Waals surface area contributed by atoms with Crippen molar-refractivity contribution in [1.82, 2.24) is 9.80 Å². The number of benzene rings is 1. The summed E-state index contributed by atoms with van der Waals surface area (Å²) in [7, 11) is 0. The lowest BCUT2D eigenvalue weighted by atomic mass is 9.78. The maximum absolute atomic E-state index is 13.3. The number of amides is 1. The average Bonchev–Trinajstić information content (AvgIpc) is 3.11. The second-order valence-corrected chi connectivity index (χ2v) is 8.26. The predicted octanol–water partition coefficient (Wildman–Crippen LogP) is 2.65. The van der Waals surface area contributed by atoms with E-state index in [2.05, 4.69) is 42.2 Å². The van der Waals surface area contributed by atoms with E-state index in [1.807, 2.05) is 4.90 Å². The minimum absolute atomic E-state index is 0.260. The molecule has 3 aliphatic rings. The fourth-order valence-corrected chi connectivity index (χ4v) is 4.54. The maximum Gasteiger partial charge on any atom is 0.228 e. The Bertz CT molecular complexity index is 619. The molecular formula is C21H30N2O3. The van der Waals surface area contributed by atoms with Crippen molar-refractivity contribution in [1.29, 1.82) is 0 Å². The van der Waals surface area contributed by atoms with Crippen LogP contribution in [-0.4, -0.2) is 60.9 Å². The third kappa shape index (κ3) is 3.66. The summed E-state index contributed by atoms with van der Waals surface area (Å²) in [6.45, 7) is 7.78. The first-order valence-electron chi connectivity index (χ1n) is 9.92. The highest BCUT2D eigenvalue weighted by molar-refractivity contribution is 5.82. The lowest BCUT2D eigenvalue weighted by Crippen LogP contribution is -2.56. The SMILES string of the molecule is CC1(C(=O)N2CCCC3(C2)OCCO3)CCN(Cc2ccccc2)CC1. The van der Waals surface area contributed by atoms with Gasteiger partial charge in [0.15, 0.2) is 5.79 Å². The first-order valence-corrected chi connectivity index (χ1v) is 9.92. The summed E-state index contributed by atoms with van der Waals surface area (Å²) < 4.78 is 11.7. The third-order valence-corrected chi connectivity index (χ3v) is 6.24. The first-order chi connectivity index (χ1) is 12.6. The zero-order chi connectivity index (χ0) is 18.0. The molecule has 0 radical (unpaired) electrons. The van der Waals surface area contributed by atoms with Crippen molar-refractivity contribution < 1.29 is 14.3 Å². The summed E-state index contributed by atoms with van der Waals surface area (Å²) in [5.41, 5.74) is 1.08. The number of carbonyl (C=O) groups excluding carboxylic acids is 1. The Morgan fingerprint density at radius 3 is 2.42 bits per heavy atom. The number of nitrogens with zero attached hydrogens (tertiary/aromatic N) is 2.